The fourth-order valence-electron chi connectivity index (χ4n) is 3.03. The minimum absolute atomic E-state index is 0.254. The number of piperazine rings is 1. The van der Waals surface area contributed by atoms with Crippen molar-refractivity contribution in [3.63, 3.8) is 0 Å². The summed E-state index contributed by atoms with van der Waals surface area (Å²) in [6.45, 7) is 9.14. The minimum atomic E-state index is 0.254. The molecular formula is C15H22N2. The Morgan fingerprint density at radius 1 is 1.18 bits per heavy atom. The van der Waals surface area contributed by atoms with Gasteiger partial charge in [0.05, 0.1) is 0 Å². The summed E-state index contributed by atoms with van der Waals surface area (Å²) in [5.41, 5.74) is 3.07. The van der Waals surface area contributed by atoms with E-state index in [1.165, 1.54) is 24.2 Å². The van der Waals surface area contributed by atoms with Crippen LogP contribution in [0.3, 0.4) is 0 Å². The molecule has 1 N–H and O–H groups in total. The first-order valence-corrected chi connectivity index (χ1v) is 6.64. The molecule has 2 atom stereocenters. The van der Waals surface area contributed by atoms with E-state index in [9.17, 15) is 0 Å². The van der Waals surface area contributed by atoms with Gasteiger partial charge in [0.25, 0.3) is 0 Å². The molecule has 17 heavy (non-hydrogen) atoms. The zero-order valence-electron chi connectivity index (χ0n) is 11.0. The molecule has 92 valence electrons. The third-order valence-electron chi connectivity index (χ3n) is 4.12. The third-order valence-corrected chi connectivity index (χ3v) is 4.12. The summed E-state index contributed by atoms with van der Waals surface area (Å²) >= 11 is 0. The Kier molecular flexibility index (Phi) is 2.44. The van der Waals surface area contributed by atoms with Crippen LogP contribution in [0.25, 0.3) is 0 Å². The van der Waals surface area contributed by atoms with E-state index in [1.54, 1.807) is 0 Å². The van der Waals surface area contributed by atoms with Crippen molar-refractivity contribution in [2.24, 2.45) is 0 Å². The van der Waals surface area contributed by atoms with Crippen molar-refractivity contribution in [3.8, 4) is 0 Å². The van der Waals surface area contributed by atoms with E-state index < -0.39 is 0 Å². The van der Waals surface area contributed by atoms with Crippen LogP contribution in [-0.2, 0) is 5.41 Å². The first-order chi connectivity index (χ1) is 8.04. The number of hydrogen-bond donors (Lipinski definition) is 1. The second kappa shape index (κ2) is 3.74. The van der Waals surface area contributed by atoms with Crippen LogP contribution in [0.2, 0.25) is 0 Å². The Hall–Kier alpha value is -1.02. The molecule has 0 aromatic heterocycles. The SMILES string of the molecule is CC(C)(C)c1ccc(N2CC3CC2CN3)cc1. The number of nitrogens with zero attached hydrogens (tertiary/aromatic N) is 1. The van der Waals surface area contributed by atoms with Crippen molar-refractivity contribution in [1.82, 2.24) is 5.32 Å². The molecule has 0 radical (unpaired) electrons. The van der Waals surface area contributed by atoms with Crippen LogP contribution in [0.1, 0.15) is 32.8 Å². The van der Waals surface area contributed by atoms with Crippen LogP contribution in [0, 0.1) is 0 Å². The minimum Gasteiger partial charge on any atom is -0.366 e. The Labute approximate surface area is 104 Å². The molecule has 2 aliphatic rings. The predicted octanol–water partition coefficient (Wildman–Crippen LogP) is 2.53. The van der Waals surface area contributed by atoms with E-state index in [-0.39, 0.29) is 5.41 Å². The van der Waals surface area contributed by atoms with Crippen LogP contribution >= 0.6 is 0 Å². The van der Waals surface area contributed by atoms with Gasteiger partial charge in [-0.25, -0.2) is 0 Å². The van der Waals surface area contributed by atoms with Gasteiger partial charge < -0.3 is 10.2 Å². The summed E-state index contributed by atoms with van der Waals surface area (Å²) in [7, 11) is 0. The number of anilines is 1. The first kappa shape index (κ1) is 11.1. The van der Waals surface area contributed by atoms with Crippen molar-refractivity contribution in [3.05, 3.63) is 29.8 Å². The maximum atomic E-state index is 3.55. The smallest absolute Gasteiger partial charge is 0.0430 e. The van der Waals surface area contributed by atoms with E-state index in [0.717, 1.165) is 18.6 Å². The molecule has 2 heterocycles. The lowest BCUT2D eigenvalue weighted by Crippen LogP contribution is -2.43. The first-order valence-electron chi connectivity index (χ1n) is 6.64. The Balaban J connectivity index is 1.81. The van der Waals surface area contributed by atoms with Crippen LogP contribution < -0.4 is 10.2 Å². The van der Waals surface area contributed by atoms with Gasteiger partial charge in [-0.2, -0.15) is 0 Å². The summed E-state index contributed by atoms with van der Waals surface area (Å²) in [6.07, 6.45) is 1.32. The highest BCUT2D eigenvalue weighted by atomic mass is 15.3. The number of rotatable bonds is 1. The van der Waals surface area contributed by atoms with E-state index in [2.05, 4.69) is 55.3 Å². The molecule has 2 bridgehead atoms. The van der Waals surface area contributed by atoms with Gasteiger partial charge in [-0.05, 0) is 29.5 Å². The van der Waals surface area contributed by atoms with Gasteiger partial charge in [0.15, 0.2) is 0 Å². The van der Waals surface area contributed by atoms with E-state index >= 15 is 0 Å². The average molecular weight is 230 g/mol. The van der Waals surface area contributed by atoms with Gasteiger partial charge in [0.1, 0.15) is 0 Å². The fourth-order valence-corrected chi connectivity index (χ4v) is 3.03. The molecule has 1 aromatic rings. The molecule has 2 saturated heterocycles. The zero-order valence-corrected chi connectivity index (χ0v) is 11.0. The second-order valence-corrected chi connectivity index (χ2v) is 6.44. The zero-order chi connectivity index (χ0) is 12.0. The molecule has 0 spiro atoms. The van der Waals surface area contributed by atoms with Crippen molar-refractivity contribution >= 4 is 5.69 Å². The molecule has 0 saturated carbocycles. The van der Waals surface area contributed by atoms with Crippen LogP contribution in [-0.4, -0.2) is 25.2 Å². The van der Waals surface area contributed by atoms with Crippen molar-refractivity contribution in [2.45, 2.75) is 44.7 Å². The molecule has 1 aromatic carbocycles. The highest BCUT2D eigenvalue weighted by molar-refractivity contribution is 5.51. The van der Waals surface area contributed by atoms with Gasteiger partial charge >= 0.3 is 0 Å². The van der Waals surface area contributed by atoms with E-state index in [1.807, 2.05) is 0 Å². The lowest BCUT2D eigenvalue weighted by Gasteiger charge is -2.30. The Bertz CT molecular complexity index is 402. The molecular weight excluding hydrogens is 208 g/mol. The normalized spacial score (nSPS) is 27.8. The fraction of sp³-hybridized carbons (Fsp3) is 0.600. The van der Waals surface area contributed by atoms with Gasteiger partial charge in [0, 0.05) is 30.9 Å². The molecule has 2 nitrogen and oxygen atoms in total. The predicted molar refractivity (Wildman–Crippen MR) is 72.7 cm³/mol. The quantitative estimate of drug-likeness (QED) is 0.797. The molecule has 2 heteroatoms. The molecule has 0 amide bonds. The molecule has 2 unspecified atom stereocenters. The number of fused-ring (bicyclic) bond motifs is 2. The summed E-state index contributed by atoms with van der Waals surface area (Å²) in [5, 5.41) is 3.55. The molecule has 2 aliphatic heterocycles. The van der Waals surface area contributed by atoms with Crippen molar-refractivity contribution in [1.29, 1.82) is 0 Å². The highest BCUT2D eigenvalue weighted by Gasteiger charge is 2.37. The Morgan fingerprint density at radius 2 is 1.88 bits per heavy atom. The standard InChI is InChI=1S/C15H22N2/c1-15(2,3)11-4-6-13(7-5-11)17-10-12-8-14(17)9-16-12/h4-7,12,14,16H,8-10H2,1-3H3. The average Bonchev–Trinajstić information content (AvgIpc) is 2.89. The highest BCUT2D eigenvalue weighted by Crippen LogP contribution is 2.31. The molecule has 0 aliphatic carbocycles. The van der Waals surface area contributed by atoms with E-state index in [0.29, 0.717) is 0 Å². The van der Waals surface area contributed by atoms with Crippen molar-refractivity contribution in [2.75, 3.05) is 18.0 Å². The van der Waals surface area contributed by atoms with Gasteiger partial charge in [-0.1, -0.05) is 32.9 Å². The summed E-state index contributed by atoms with van der Waals surface area (Å²) in [5.74, 6) is 0. The maximum Gasteiger partial charge on any atom is 0.0430 e. The Morgan fingerprint density at radius 3 is 2.35 bits per heavy atom. The van der Waals surface area contributed by atoms with Crippen molar-refractivity contribution < 1.29 is 0 Å². The van der Waals surface area contributed by atoms with Crippen LogP contribution in [0.15, 0.2) is 24.3 Å². The summed E-state index contributed by atoms with van der Waals surface area (Å²) in [6, 6.07) is 10.6. The van der Waals surface area contributed by atoms with E-state index in [4.69, 9.17) is 0 Å². The lowest BCUT2D eigenvalue weighted by atomic mass is 9.87. The summed E-state index contributed by atoms with van der Waals surface area (Å²) in [4.78, 5) is 2.56. The second-order valence-electron chi connectivity index (χ2n) is 6.44. The van der Waals surface area contributed by atoms with Gasteiger partial charge in [0.2, 0.25) is 0 Å². The monoisotopic (exact) mass is 230 g/mol. The summed E-state index contributed by atoms with van der Waals surface area (Å²) < 4.78 is 0. The largest absolute Gasteiger partial charge is 0.366 e. The van der Waals surface area contributed by atoms with Crippen LogP contribution in [0.5, 0.6) is 0 Å². The number of benzene rings is 1. The molecule has 2 fully saturated rings. The maximum absolute atomic E-state index is 3.55. The third kappa shape index (κ3) is 1.95. The van der Waals surface area contributed by atoms with Gasteiger partial charge in [-0.15, -0.1) is 0 Å². The lowest BCUT2D eigenvalue weighted by molar-refractivity contribution is 0.578. The van der Waals surface area contributed by atoms with Crippen LogP contribution in [0.4, 0.5) is 5.69 Å². The number of hydrogen-bond acceptors (Lipinski definition) is 2. The van der Waals surface area contributed by atoms with Gasteiger partial charge in [-0.3, -0.25) is 0 Å². The molecule has 3 rings (SSSR count). The topological polar surface area (TPSA) is 15.3 Å². The number of nitrogens with one attached hydrogen (secondary N) is 1.